The van der Waals surface area contributed by atoms with Crippen LogP contribution in [0.5, 0.6) is 0 Å². The van der Waals surface area contributed by atoms with E-state index in [4.69, 9.17) is 17.2 Å². The summed E-state index contributed by atoms with van der Waals surface area (Å²) in [5.41, 5.74) is 15.6. The molecule has 50 valence electrons. The number of nitrogens with two attached hydrogens (primary N) is 3. The fourth-order valence-electron chi connectivity index (χ4n) is 0.483. The molecule has 0 rings (SSSR count). The average molecular weight is 117 g/mol. The second-order valence-corrected chi connectivity index (χ2v) is 2.40. The minimum Gasteiger partial charge on any atom is -0.330 e. The maximum Gasteiger partial charge on any atom is 0.0608 e. The lowest BCUT2D eigenvalue weighted by molar-refractivity contribution is 0.438. The topological polar surface area (TPSA) is 78.1 Å². The average Bonchev–Trinajstić information content (AvgIpc) is 1.59. The standard InChI is InChI=1S/C5H15N3/c1-5(7,8)3-2-4-6/h2-4,6-8H2,1H3. The number of hydrogen-bond donors (Lipinski definition) is 3. The Balaban J connectivity index is 3.11. The van der Waals surface area contributed by atoms with Gasteiger partial charge in [-0.15, -0.1) is 0 Å². The van der Waals surface area contributed by atoms with Crippen LogP contribution in [0.15, 0.2) is 0 Å². The first-order chi connectivity index (χ1) is 3.56. The highest BCUT2D eigenvalue weighted by atomic mass is 14.9. The highest BCUT2D eigenvalue weighted by Gasteiger charge is 2.08. The molecule has 6 N–H and O–H groups in total. The monoisotopic (exact) mass is 117 g/mol. The lowest BCUT2D eigenvalue weighted by Gasteiger charge is -2.16. The van der Waals surface area contributed by atoms with Gasteiger partial charge in [0.05, 0.1) is 5.66 Å². The Bertz CT molecular complexity index is 55.2. The normalized spacial score (nSPS) is 12.0. The van der Waals surface area contributed by atoms with Crippen LogP contribution in [-0.2, 0) is 0 Å². The third kappa shape index (κ3) is 5.88. The Kier molecular flexibility index (Phi) is 2.97. The number of rotatable bonds is 3. The molecule has 0 amide bonds. The van der Waals surface area contributed by atoms with Gasteiger partial charge in [0.2, 0.25) is 0 Å². The number of hydrogen-bond acceptors (Lipinski definition) is 3. The molecule has 3 nitrogen and oxygen atoms in total. The van der Waals surface area contributed by atoms with E-state index in [9.17, 15) is 0 Å². The maximum absolute atomic E-state index is 5.44. The molecular weight excluding hydrogens is 102 g/mol. The molecule has 0 aliphatic heterocycles. The van der Waals surface area contributed by atoms with Crippen molar-refractivity contribution >= 4 is 0 Å². The van der Waals surface area contributed by atoms with Gasteiger partial charge in [0, 0.05) is 0 Å². The van der Waals surface area contributed by atoms with Crippen LogP contribution in [0.25, 0.3) is 0 Å². The molecule has 0 aromatic heterocycles. The molecule has 3 heteroatoms. The first kappa shape index (κ1) is 7.88. The van der Waals surface area contributed by atoms with Crippen LogP contribution in [0, 0.1) is 0 Å². The summed E-state index contributed by atoms with van der Waals surface area (Å²) < 4.78 is 0. The van der Waals surface area contributed by atoms with Crippen molar-refractivity contribution in [2.45, 2.75) is 25.4 Å². The second kappa shape index (κ2) is 3.02. The minimum absolute atomic E-state index is 0.528. The minimum atomic E-state index is -0.528. The van der Waals surface area contributed by atoms with Gasteiger partial charge < -0.3 is 17.2 Å². The van der Waals surface area contributed by atoms with E-state index < -0.39 is 5.66 Å². The highest BCUT2D eigenvalue weighted by molar-refractivity contribution is 4.68. The molecule has 0 heterocycles. The maximum atomic E-state index is 5.44. The van der Waals surface area contributed by atoms with Crippen molar-refractivity contribution in [1.29, 1.82) is 0 Å². The quantitative estimate of drug-likeness (QED) is 0.430. The molecule has 0 saturated heterocycles. The second-order valence-electron chi connectivity index (χ2n) is 2.40. The molecule has 0 spiro atoms. The summed E-state index contributed by atoms with van der Waals surface area (Å²) in [6.45, 7) is 2.46. The summed E-state index contributed by atoms with van der Waals surface area (Å²) in [5.74, 6) is 0. The van der Waals surface area contributed by atoms with E-state index in [0.717, 1.165) is 12.8 Å². The molecule has 8 heavy (non-hydrogen) atoms. The predicted octanol–water partition coefficient (Wildman–Crippen LogP) is -0.641. The van der Waals surface area contributed by atoms with Gasteiger partial charge >= 0.3 is 0 Å². The molecular formula is C5H15N3. The molecule has 0 fully saturated rings. The zero-order valence-electron chi connectivity index (χ0n) is 5.35. The largest absolute Gasteiger partial charge is 0.330 e. The Labute approximate surface area is 50.2 Å². The molecule has 0 atom stereocenters. The summed E-state index contributed by atoms with van der Waals surface area (Å²) in [4.78, 5) is 0. The van der Waals surface area contributed by atoms with Crippen molar-refractivity contribution in [1.82, 2.24) is 0 Å². The van der Waals surface area contributed by atoms with E-state index in [0.29, 0.717) is 6.54 Å². The Morgan fingerprint density at radius 1 is 1.38 bits per heavy atom. The van der Waals surface area contributed by atoms with Crippen molar-refractivity contribution in [2.24, 2.45) is 17.2 Å². The Morgan fingerprint density at radius 2 is 1.88 bits per heavy atom. The third-order valence-electron chi connectivity index (χ3n) is 0.920. The van der Waals surface area contributed by atoms with Gasteiger partial charge in [-0.2, -0.15) is 0 Å². The van der Waals surface area contributed by atoms with E-state index in [1.807, 2.05) is 0 Å². The lowest BCUT2D eigenvalue weighted by atomic mass is 10.1. The molecule has 0 saturated carbocycles. The zero-order valence-corrected chi connectivity index (χ0v) is 5.35. The SMILES string of the molecule is CC(N)(N)CCCN. The Hall–Kier alpha value is -0.120. The van der Waals surface area contributed by atoms with E-state index in [1.165, 1.54) is 0 Å². The van der Waals surface area contributed by atoms with Crippen molar-refractivity contribution in [2.75, 3.05) is 6.54 Å². The Morgan fingerprint density at radius 3 is 2.00 bits per heavy atom. The van der Waals surface area contributed by atoms with Crippen molar-refractivity contribution in [3.63, 3.8) is 0 Å². The van der Waals surface area contributed by atoms with E-state index >= 15 is 0 Å². The van der Waals surface area contributed by atoms with Gasteiger partial charge in [0.25, 0.3) is 0 Å². The van der Waals surface area contributed by atoms with Crippen LogP contribution in [-0.4, -0.2) is 12.2 Å². The van der Waals surface area contributed by atoms with Crippen molar-refractivity contribution in [3.8, 4) is 0 Å². The van der Waals surface area contributed by atoms with Crippen LogP contribution in [0.3, 0.4) is 0 Å². The highest BCUT2D eigenvalue weighted by Crippen LogP contribution is 1.97. The van der Waals surface area contributed by atoms with Gasteiger partial charge in [-0.05, 0) is 26.3 Å². The van der Waals surface area contributed by atoms with Crippen LogP contribution in [0.4, 0.5) is 0 Å². The van der Waals surface area contributed by atoms with E-state index in [2.05, 4.69) is 0 Å². The van der Waals surface area contributed by atoms with Gasteiger partial charge in [0.1, 0.15) is 0 Å². The van der Waals surface area contributed by atoms with Crippen LogP contribution in [0.2, 0.25) is 0 Å². The van der Waals surface area contributed by atoms with Gasteiger partial charge in [0.15, 0.2) is 0 Å². The van der Waals surface area contributed by atoms with Crippen molar-refractivity contribution < 1.29 is 0 Å². The first-order valence-electron chi connectivity index (χ1n) is 2.84. The fraction of sp³-hybridized carbons (Fsp3) is 1.00. The summed E-state index contributed by atoms with van der Waals surface area (Å²) >= 11 is 0. The van der Waals surface area contributed by atoms with Gasteiger partial charge in [-0.1, -0.05) is 0 Å². The summed E-state index contributed by atoms with van der Waals surface area (Å²) in [6, 6.07) is 0. The molecule has 0 aromatic rings. The summed E-state index contributed by atoms with van der Waals surface area (Å²) in [6.07, 6.45) is 1.70. The molecule has 0 bridgehead atoms. The zero-order chi connectivity index (χ0) is 6.62. The lowest BCUT2D eigenvalue weighted by Crippen LogP contribution is -2.46. The molecule has 0 aromatic carbocycles. The predicted molar refractivity (Wildman–Crippen MR) is 35.1 cm³/mol. The fourth-order valence-corrected chi connectivity index (χ4v) is 0.483. The molecule has 0 aliphatic carbocycles. The van der Waals surface area contributed by atoms with E-state index in [-0.39, 0.29) is 0 Å². The van der Waals surface area contributed by atoms with Crippen LogP contribution < -0.4 is 17.2 Å². The summed E-state index contributed by atoms with van der Waals surface area (Å²) in [7, 11) is 0. The molecule has 0 radical (unpaired) electrons. The van der Waals surface area contributed by atoms with Crippen LogP contribution >= 0.6 is 0 Å². The van der Waals surface area contributed by atoms with Gasteiger partial charge in [-0.25, -0.2) is 0 Å². The summed E-state index contributed by atoms with van der Waals surface area (Å²) in [5, 5.41) is 0. The third-order valence-corrected chi connectivity index (χ3v) is 0.920. The van der Waals surface area contributed by atoms with E-state index in [1.54, 1.807) is 6.92 Å². The van der Waals surface area contributed by atoms with Crippen molar-refractivity contribution in [3.05, 3.63) is 0 Å². The molecule has 0 aliphatic rings. The van der Waals surface area contributed by atoms with Gasteiger partial charge in [-0.3, -0.25) is 0 Å². The smallest absolute Gasteiger partial charge is 0.0608 e. The molecule has 0 unspecified atom stereocenters. The first-order valence-corrected chi connectivity index (χ1v) is 2.84. The van der Waals surface area contributed by atoms with Crippen LogP contribution in [0.1, 0.15) is 19.8 Å².